The van der Waals surface area contributed by atoms with Gasteiger partial charge in [0.25, 0.3) is 0 Å². The molecule has 0 saturated heterocycles. The number of hydrogen-bond donors (Lipinski definition) is 0. The number of aldehydes is 1. The van der Waals surface area contributed by atoms with Gasteiger partial charge in [0, 0.05) is 6.42 Å². The van der Waals surface area contributed by atoms with Crippen molar-refractivity contribution in [1.82, 2.24) is 0 Å². The van der Waals surface area contributed by atoms with Gasteiger partial charge in [-0.05, 0) is 0 Å². The Morgan fingerprint density at radius 1 is 1.70 bits per heavy atom. The minimum atomic E-state index is -0.308. The molecule has 0 aliphatic heterocycles. The van der Waals surface area contributed by atoms with E-state index in [-0.39, 0.29) is 17.9 Å². The van der Waals surface area contributed by atoms with Crippen LogP contribution in [-0.4, -0.2) is 24.9 Å². The van der Waals surface area contributed by atoms with Gasteiger partial charge in [0.1, 0.15) is 7.11 Å². The van der Waals surface area contributed by atoms with Gasteiger partial charge in [0.05, 0.1) is 0 Å². The summed E-state index contributed by atoms with van der Waals surface area (Å²) < 4.78 is 0. The van der Waals surface area contributed by atoms with Crippen LogP contribution in [0.15, 0.2) is 5.16 Å². The molecule has 0 N–H and O–H groups in total. The number of carbonyl (C=O) groups is 2. The van der Waals surface area contributed by atoms with Gasteiger partial charge in [-0.3, -0.25) is 9.59 Å². The summed E-state index contributed by atoms with van der Waals surface area (Å²) in [5, 5.41) is 3.21. The van der Waals surface area contributed by atoms with Gasteiger partial charge in [-0.2, -0.15) is 0 Å². The summed E-state index contributed by atoms with van der Waals surface area (Å²) in [7, 11) is 1.28. The molecule has 0 fully saturated rings. The van der Waals surface area contributed by atoms with E-state index >= 15 is 0 Å². The summed E-state index contributed by atoms with van der Waals surface area (Å²) in [5.41, 5.74) is -0.162. The van der Waals surface area contributed by atoms with Gasteiger partial charge < -0.3 is 4.84 Å². The first-order chi connectivity index (χ1) is 4.76. The normalized spacial score (nSPS) is 10.8. The van der Waals surface area contributed by atoms with E-state index in [0.29, 0.717) is 6.29 Å². The zero-order chi connectivity index (χ0) is 7.98. The molecule has 0 bridgehead atoms. The third kappa shape index (κ3) is 2.39. The van der Waals surface area contributed by atoms with Crippen LogP contribution in [0, 0.1) is 0 Å². The smallest absolute Gasteiger partial charge is 0.187 e. The van der Waals surface area contributed by atoms with E-state index in [4.69, 9.17) is 0 Å². The summed E-state index contributed by atoms with van der Waals surface area (Å²) in [6.45, 7) is 1.65. The Kier molecular flexibility index (Phi) is 4.11. The second-order valence-electron chi connectivity index (χ2n) is 1.55. The van der Waals surface area contributed by atoms with Crippen molar-refractivity contribution in [2.45, 2.75) is 13.3 Å². The average Bonchev–Trinajstić information content (AvgIpc) is 1.99. The van der Waals surface area contributed by atoms with Crippen LogP contribution in [0.4, 0.5) is 0 Å². The largest absolute Gasteiger partial charge is 0.398 e. The maximum Gasteiger partial charge on any atom is 0.187 e. The molecule has 0 heterocycles. The van der Waals surface area contributed by atoms with Crippen molar-refractivity contribution >= 4 is 17.8 Å². The Labute approximate surface area is 58.8 Å². The number of Topliss-reactive ketones (excluding diaryl/α,β-unsaturated/α-hetero) is 1. The fraction of sp³-hybridized carbons (Fsp3) is 0.500. The highest BCUT2D eigenvalue weighted by Gasteiger charge is 2.07. The van der Waals surface area contributed by atoms with Crippen LogP contribution in [0.2, 0.25) is 0 Å². The Balaban J connectivity index is 4.20. The lowest BCUT2D eigenvalue weighted by atomic mass is 10.2. The molecule has 0 unspecified atom stereocenters. The second kappa shape index (κ2) is 4.67. The molecule has 4 nitrogen and oxygen atoms in total. The zero-order valence-electron chi connectivity index (χ0n) is 5.96. The minimum absolute atomic E-state index is 0.162. The van der Waals surface area contributed by atoms with Crippen molar-refractivity contribution in [3.8, 4) is 0 Å². The van der Waals surface area contributed by atoms with Crippen LogP contribution in [0.5, 0.6) is 0 Å². The maximum atomic E-state index is 10.7. The predicted octanol–water partition coefficient (Wildman–Crippen LogP) is 0.167. The molecule has 0 radical (unpaired) electrons. The van der Waals surface area contributed by atoms with Crippen molar-refractivity contribution in [2.24, 2.45) is 5.16 Å². The summed E-state index contributed by atoms with van der Waals surface area (Å²) in [6.07, 6.45) is 0.649. The van der Waals surface area contributed by atoms with Crippen LogP contribution >= 0.6 is 0 Å². The van der Waals surface area contributed by atoms with Crippen LogP contribution in [0.3, 0.4) is 0 Å². The van der Waals surface area contributed by atoms with Gasteiger partial charge in [-0.15, -0.1) is 0 Å². The molecule has 0 atom stereocenters. The first kappa shape index (κ1) is 8.81. The number of oxime groups is 1. The molecular weight excluding hydrogens is 134 g/mol. The fourth-order valence-corrected chi connectivity index (χ4v) is 0.418. The molecule has 0 aromatic carbocycles. The van der Waals surface area contributed by atoms with E-state index in [9.17, 15) is 9.59 Å². The van der Waals surface area contributed by atoms with Crippen molar-refractivity contribution in [3.05, 3.63) is 0 Å². The van der Waals surface area contributed by atoms with Gasteiger partial charge in [-0.25, -0.2) is 0 Å². The van der Waals surface area contributed by atoms with Crippen LogP contribution < -0.4 is 0 Å². The highest BCUT2D eigenvalue weighted by Crippen LogP contribution is 1.84. The molecule has 0 aromatic heterocycles. The van der Waals surface area contributed by atoms with Crippen molar-refractivity contribution in [2.75, 3.05) is 7.11 Å². The minimum Gasteiger partial charge on any atom is -0.398 e. The summed E-state index contributed by atoms with van der Waals surface area (Å²) in [4.78, 5) is 25.0. The van der Waals surface area contributed by atoms with Gasteiger partial charge in [-0.1, -0.05) is 12.1 Å². The van der Waals surface area contributed by atoms with Crippen molar-refractivity contribution < 1.29 is 14.4 Å². The van der Waals surface area contributed by atoms with Crippen LogP contribution in [-0.2, 0) is 14.4 Å². The van der Waals surface area contributed by atoms with E-state index < -0.39 is 0 Å². The topological polar surface area (TPSA) is 55.7 Å². The maximum absolute atomic E-state index is 10.7. The molecule has 0 spiro atoms. The summed E-state index contributed by atoms with van der Waals surface area (Å²) in [6, 6.07) is 0. The quantitative estimate of drug-likeness (QED) is 0.244. The third-order valence-corrected chi connectivity index (χ3v) is 0.908. The zero-order valence-corrected chi connectivity index (χ0v) is 5.96. The molecule has 0 aliphatic carbocycles. The highest BCUT2D eigenvalue weighted by molar-refractivity contribution is 6.60. The van der Waals surface area contributed by atoms with E-state index in [1.807, 2.05) is 0 Å². The van der Waals surface area contributed by atoms with Crippen LogP contribution in [0.1, 0.15) is 13.3 Å². The Hall–Kier alpha value is -1.19. The average molecular weight is 143 g/mol. The van der Waals surface area contributed by atoms with E-state index in [2.05, 4.69) is 9.99 Å². The van der Waals surface area contributed by atoms with Gasteiger partial charge in [0.15, 0.2) is 17.8 Å². The van der Waals surface area contributed by atoms with Gasteiger partial charge >= 0.3 is 0 Å². The lowest BCUT2D eigenvalue weighted by molar-refractivity contribution is -0.114. The number of nitrogens with zero attached hydrogens (tertiary/aromatic N) is 1. The monoisotopic (exact) mass is 143 g/mol. The number of rotatable bonds is 4. The van der Waals surface area contributed by atoms with E-state index in [0.717, 1.165) is 0 Å². The van der Waals surface area contributed by atoms with E-state index in [1.54, 1.807) is 6.92 Å². The first-order valence-electron chi connectivity index (χ1n) is 2.85. The predicted molar refractivity (Wildman–Crippen MR) is 35.8 cm³/mol. The second-order valence-corrected chi connectivity index (χ2v) is 1.55. The van der Waals surface area contributed by atoms with Gasteiger partial charge in [0.2, 0.25) is 0 Å². The molecule has 0 amide bonds. The summed E-state index contributed by atoms with van der Waals surface area (Å²) in [5.74, 6) is -0.308. The van der Waals surface area contributed by atoms with Crippen molar-refractivity contribution in [1.29, 1.82) is 0 Å². The number of ketones is 1. The molecule has 10 heavy (non-hydrogen) atoms. The molecular formula is C6H9NO3. The van der Waals surface area contributed by atoms with E-state index in [1.165, 1.54) is 7.11 Å². The molecule has 0 aliphatic rings. The molecule has 56 valence electrons. The Morgan fingerprint density at radius 3 is 2.60 bits per heavy atom. The molecule has 4 heteroatoms. The number of carbonyl (C=O) groups excluding carboxylic acids is 2. The standard InChI is InChI=1S/C6H9NO3/c1-3-6(9)5(4-8)7-10-2/h4H,3H2,1-2H3/b7-5+. The Morgan fingerprint density at radius 2 is 2.30 bits per heavy atom. The fourth-order valence-electron chi connectivity index (χ4n) is 0.418. The summed E-state index contributed by atoms with van der Waals surface area (Å²) >= 11 is 0. The molecule has 0 rings (SSSR count). The van der Waals surface area contributed by atoms with Crippen LogP contribution in [0.25, 0.3) is 0 Å². The number of hydrogen-bond acceptors (Lipinski definition) is 4. The lowest BCUT2D eigenvalue weighted by Crippen LogP contribution is -2.14. The molecule has 0 aromatic rings. The first-order valence-corrected chi connectivity index (χ1v) is 2.85. The third-order valence-electron chi connectivity index (χ3n) is 0.908. The van der Waals surface area contributed by atoms with Crippen molar-refractivity contribution in [3.63, 3.8) is 0 Å². The Bertz CT molecular complexity index is 162. The lowest BCUT2D eigenvalue weighted by Gasteiger charge is -1.91. The SMILES string of the molecule is CCC(=O)/C(C=O)=N/OC. The molecule has 0 saturated carbocycles. The highest BCUT2D eigenvalue weighted by atomic mass is 16.6.